The first-order valence-electron chi connectivity index (χ1n) is 18.4. The summed E-state index contributed by atoms with van der Waals surface area (Å²) in [5.41, 5.74) is 3.62. The van der Waals surface area contributed by atoms with E-state index in [2.05, 4.69) is 15.4 Å². The Morgan fingerprint density at radius 3 is 2.50 bits per heavy atom. The van der Waals surface area contributed by atoms with Crippen molar-refractivity contribution in [2.75, 3.05) is 56.0 Å². The Balaban J connectivity index is 1.32. The molecule has 0 saturated carbocycles. The molecule has 0 atom stereocenters. The Bertz CT molecular complexity index is 2210. The highest BCUT2D eigenvalue weighted by molar-refractivity contribution is 5.97. The maximum atomic E-state index is 14.7. The molecule has 0 radical (unpaired) electrons. The van der Waals surface area contributed by atoms with E-state index in [4.69, 9.17) is 23.9 Å². The zero-order chi connectivity index (χ0) is 40.0. The van der Waals surface area contributed by atoms with Crippen LogP contribution in [0.2, 0.25) is 0 Å². The second-order valence-corrected chi connectivity index (χ2v) is 14.5. The minimum Gasteiger partial charge on any atom is -0.444 e. The van der Waals surface area contributed by atoms with Gasteiger partial charge in [-0.3, -0.25) is 18.9 Å². The molecule has 296 valence electrons. The summed E-state index contributed by atoms with van der Waals surface area (Å²) in [5, 5.41) is 8.18. The zero-order valence-corrected chi connectivity index (χ0v) is 32.9. The van der Waals surface area contributed by atoms with Gasteiger partial charge in [-0.15, -0.1) is 0 Å². The molecule has 1 N–H and O–H groups in total. The number of hydrogen-bond acceptors (Lipinski definition) is 12. The molecule has 4 heterocycles. The second kappa shape index (κ2) is 17.2. The van der Waals surface area contributed by atoms with Crippen molar-refractivity contribution in [3.63, 3.8) is 0 Å². The Morgan fingerprint density at radius 2 is 1.77 bits per heavy atom. The van der Waals surface area contributed by atoms with E-state index < -0.39 is 24.1 Å². The third-order valence-electron chi connectivity index (χ3n) is 9.18. The van der Waals surface area contributed by atoms with Crippen molar-refractivity contribution >= 4 is 51.9 Å². The fraction of sp³-hybridized carbons (Fsp3) is 0.400. The minimum atomic E-state index is -0.643. The molecule has 56 heavy (non-hydrogen) atoms. The molecule has 6 rings (SSSR count). The van der Waals surface area contributed by atoms with Crippen molar-refractivity contribution in [1.29, 1.82) is 0 Å². The number of methoxy groups -OCH3 is 2. The van der Waals surface area contributed by atoms with E-state index in [1.807, 2.05) is 81.1 Å². The standard InChI is InChI=1S/C40H49N9O7/c1-27-13-11-16-31-34(27)48(39(52)55-26-28-14-9-8-10-15-28)20-19-47(31)32-21-29-22-41-37(43-30-23-42-46(24-30)25-33(53-6)54-7)44-35(29)49(36(32)50)18-12-17-45(5)38(51)56-40(2,3)4/h8-11,13-16,21-24,33H,12,17-20,25-26H2,1-7H3,(H,41,43,44). The van der Waals surface area contributed by atoms with Crippen LogP contribution in [-0.2, 0) is 38.6 Å². The first-order valence-corrected chi connectivity index (χ1v) is 18.4. The van der Waals surface area contributed by atoms with Gasteiger partial charge in [0.1, 0.15) is 23.5 Å². The number of carbonyl (C=O) groups excluding carboxylic acids is 2. The topological polar surface area (TPSA) is 158 Å². The summed E-state index contributed by atoms with van der Waals surface area (Å²) >= 11 is 0. The molecule has 5 aromatic rings. The first kappa shape index (κ1) is 39.7. The summed E-state index contributed by atoms with van der Waals surface area (Å²) in [6, 6.07) is 17.0. The number of hydrogen-bond donors (Lipinski definition) is 1. The van der Waals surface area contributed by atoms with E-state index in [0.29, 0.717) is 59.8 Å². The van der Waals surface area contributed by atoms with E-state index in [0.717, 1.165) is 11.1 Å². The number of aryl methyl sites for hydroxylation is 2. The number of pyridine rings is 1. The zero-order valence-electron chi connectivity index (χ0n) is 32.9. The van der Waals surface area contributed by atoms with Gasteiger partial charge in [0.15, 0.2) is 6.29 Å². The lowest BCUT2D eigenvalue weighted by atomic mass is 10.1. The number of para-hydroxylation sites is 1. The molecule has 1 aliphatic heterocycles. The third kappa shape index (κ3) is 9.26. The van der Waals surface area contributed by atoms with E-state index in [-0.39, 0.29) is 31.2 Å². The Labute approximate surface area is 325 Å². The smallest absolute Gasteiger partial charge is 0.414 e. The van der Waals surface area contributed by atoms with Gasteiger partial charge in [0.2, 0.25) is 5.95 Å². The van der Waals surface area contributed by atoms with Gasteiger partial charge in [-0.05, 0) is 57.4 Å². The molecule has 1 aliphatic rings. The minimum absolute atomic E-state index is 0.140. The van der Waals surface area contributed by atoms with Gasteiger partial charge >= 0.3 is 12.2 Å². The van der Waals surface area contributed by atoms with Gasteiger partial charge in [0, 0.05) is 65.2 Å². The Hall–Kier alpha value is -6.00. The van der Waals surface area contributed by atoms with Crippen LogP contribution in [-0.4, -0.2) is 94.2 Å². The summed E-state index contributed by atoms with van der Waals surface area (Å²) < 4.78 is 25.1. The van der Waals surface area contributed by atoms with Crippen molar-refractivity contribution in [2.24, 2.45) is 0 Å². The third-order valence-corrected chi connectivity index (χ3v) is 9.18. The highest BCUT2D eigenvalue weighted by atomic mass is 16.7. The molecule has 0 aliphatic carbocycles. The summed E-state index contributed by atoms with van der Waals surface area (Å²) in [5.74, 6) is 0.266. The number of fused-ring (bicyclic) bond motifs is 2. The van der Waals surface area contributed by atoms with Crippen LogP contribution in [0, 0.1) is 6.92 Å². The van der Waals surface area contributed by atoms with Crippen LogP contribution in [0.15, 0.2) is 78.0 Å². The molecule has 2 aromatic carbocycles. The molecular formula is C40H49N9O7. The molecule has 0 bridgehead atoms. The van der Waals surface area contributed by atoms with Gasteiger partial charge < -0.3 is 34.1 Å². The average Bonchev–Trinajstić information content (AvgIpc) is 3.62. The Morgan fingerprint density at radius 1 is 1.00 bits per heavy atom. The summed E-state index contributed by atoms with van der Waals surface area (Å²) in [6.07, 6.45) is 4.13. The number of nitrogens with one attached hydrogen (secondary N) is 1. The molecular weight excluding hydrogens is 718 g/mol. The van der Waals surface area contributed by atoms with Crippen molar-refractivity contribution in [1.82, 2.24) is 29.2 Å². The van der Waals surface area contributed by atoms with Gasteiger partial charge in [0.25, 0.3) is 5.56 Å². The van der Waals surface area contributed by atoms with E-state index >= 15 is 0 Å². The molecule has 3 aromatic heterocycles. The summed E-state index contributed by atoms with van der Waals surface area (Å²) in [7, 11) is 4.79. The van der Waals surface area contributed by atoms with Crippen molar-refractivity contribution in [3.8, 4) is 0 Å². The van der Waals surface area contributed by atoms with Gasteiger partial charge in [0.05, 0.1) is 29.8 Å². The SMILES string of the molecule is COC(Cn1cc(Nc2ncc3cc(N4CCN(C(=O)OCc5ccccc5)c5c(C)cccc54)c(=O)n(CCCN(C)C(=O)OC(C)(C)C)c3n2)cn1)OC. The predicted octanol–water partition coefficient (Wildman–Crippen LogP) is 6.21. The molecule has 0 fully saturated rings. The van der Waals surface area contributed by atoms with Crippen LogP contribution in [0.25, 0.3) is 11.0 Å². The first-order chi connectivity index (χ1) is 26.8. The fourth-order valence-electron chi connectivity index (χ4n) is 6.43. The van der Waals surface area contributed by atoms with Crippen LogP contribution in [0.3, 0.4) is 0 Å². The van der Waals surface area contributed by atoms with Crippen LogP contribution in [0.1, 0.15) is 38.3 Å². The van der Waals surface area contributed by atoms with Crippen LogP contribution >= 0.6 is 0 Å². The largest absolute Gasteiger partial charge is 0.444 e. The Kier molecular flexibility index (Phi) is 12.2. The maximum absolute atomic E-state index is 14.7. The fourth-order valence-corrected chi connectivity index (χ4v) is 6.43. The van der Waals surface area contributed by atoms with Gasteiger partial charge in [-0.25, -0.2) is 14.6 Å². The second-order valence-electron chi connectivity index (χ2n) is 14.5. The number of benzene rings is 2. The van der Waals surface area contributed by atoms with Crippen molar-refractivity contribution in [2.45, 2.75) is 65.7 Å². The number of aromatic nitrogens is 5. The lowest BCUT2D eigenvalue weighted by Gasteiger charge is -2.38. The number of carbonyl (C=O) groups is 2. The molecule has 0 unspecified atom stereocenters. The van der Waals surface area contributed by atoms with Crippen molar-refractivity contribution in [3.05, 3.63) is 94.7 Å². The van der Waals surface area contributed by atoms with Crippen LogP contribution in [0.4, 0.5) is 38.3 Å². The van der Waals surface area contributed by atoms with E-state index in [9.17, 15) is 14.4 Å². The summed E-state index contributed by atoms with van der Waals surface area (Å²) in [4.78, 5) is 55.4. The van der Waals surface area contributed by atoms with E-state index in [1.54, 1.807) is 60.1 Å². The monoisotopic (exact) mass is 767 g/mol. The van der Waals surface area contributed by atoms with Gasteiger partial charge in [-0.1, -0.05) is 42.5 Å². The van der Waals surface area contributed by atoms with E-state index in [1.165, 1.54) is 4.90 Å². The predicted molar refractivity (Wildman–Crippen MR) is 213 cm³/mol. The lowest BCUT2D eigenvalue weighted by molar-refractivity contribution is -0.112. The lowest BCUT2D eigenvalue weighted by Crippen LogP contribution is -2.44. The van der Waals surface area contributed by atoms with Gasteiger partial charge in [-0.2, -0.15) is 10.1 Å². The highest BCUT2D eigenvalue weighted by Gasteiger charge is 2.32. The number of amides is 2. The molecule has 16 nitrogen and oxygen atoms in total. The molecule has 0 spiro atoms. The number of anilines is 5. The highest BCUT2D eigenvalue weighted by Crippen LogP contribution is 2.40. The van der Waals surface area contributed by atoms with Crippen molar-refractivity contribution < 1.29 is 28.5 Å². The molecule has 0 saturated heterocycles. The number of ether oxygens (including phenoxy) is 4. The number of rotatable bonds is 13. The normalized spacial score (nSPS) is 12.9. The quantitative estimate of drug-likeness (QED) is 0.135. The average molecular weight is 768 g/mol. The molecule has 2 amide bonds. The maximum Gasteiger partial charge on any atom is 0.414 e. The number of nitrogens with zero attached hydrogens (tertiary/aromatic N) is 8. The summed E-state index contributed by atoms with van der Waals surface area (Å²) in [6.45, 7) is 9.08. The van der Waals surface area contributed by atoms with Crippen LogP contribution in [0.5, 0.6) is 0 Å². The van der Waals surface area contributed by atoms with Crippen LogP contribution < -0.4 is 20.7 Å². The molecule has 16 heteroatoms.